The molecule has 0 amide bonds. The van der Waals surface area contributed by atoms with Crippen molar-refractivity contribution in [1.82, 2.24) is 14.8 Å². The third-order valence-corrected chi connectivity index (χ3v) is 3.96. The number of hydrogen-bond acceptors (Lipinski definition) is 5. The molecule has 6 nitrogen and oxygen atoms in total. The molecule has 1 rings (SSSR count). The minimum atomic E-state index is -0.878. The summed E-state index contributed by atoms with van der Waals surface area (Å²) in [5, 5.41) is 17.0. The largest absolute Gasteiger partial charge is 0.481 e. The van der Waals surface area contributed by atoms with Crippen LogP contribution in [0.25, 0.3) is 0 Å². The van der Waals surface area contributed by atoms with E-state index in [1.807, 2.05) is 0 Å². The summed E-state index contributed by atoms with van der Waals surface area (Å²) >= 11 is 1.14. The van der Waals surface area contributed by atoms with Gasteiger partial charge in [0.2, 0.25) is 5.95 Å². The summed E-state index contributed by atoms with van der Waals surface area (Å²) in [6.07, 6.45) is 0. The van der Waals surface area contributed by atoms with E-state index in [4.69, 9.17) is 10.8 Å². The van der Waals surface area contributed by atoms with E-state index in [0.717, 1.165) is 11.8 Å². The van der Waals surface area contributed by atoms with Gasteiger partial charge in [-0.3, -0.25) is 9.36 Å². The molecule has 1 aromatic heterocycles. The second-order valence-corrected chi connectivity index (χ2v) is 6.34. The lowest BCUT2D eigenvalue weighted by molar-refractivity contribution is -0.133. The number of nitrogens with zero attached hydrogens (tertiary/aromatic N) is 3. The molecular formula is C11H20N4O2S. The molecule has 0 aliphatic heterocycles. The molecule has 0 aliphatic carbocycles. The summed E-state index contributed by atoms with van der Waals surface area (Å²) in [5.41, 5.74) is 5.91. The Kier molecular flexibility index (Phi) is 4.61. The van der Waals surface area contributed by atoms with Crippen molar-refractivity contribution < 1.29 is 9.90 Å². The van der Waals surface area contributed by atoms with Crippen LogP contribution in [0.4, 0.5) is 5.95 Å². The third-order valence-electron chi connectivity index (χ3n) is 3.01. The van der Waals surface area contributed by atoms with Crippen molar-refractivity contribution >= 4 is 23.7 Å². The van der Waals surface area contributed by atoms with Crippen LogP contribution in [0.2, 0.25) is 0 Å². The number of carboxylic acid groups (broad SMARTS) is 1. The summed E-state index contributed by atoms with van der Waals surface area (Å²) in [4.78, 5) is 10.6. The zero-order valence-electron chi connectivity index (χ0n) is 11.2. The number of aliphatic carboxylic acids is 1. The van der Waals surface area contributed by atoms with Crippen molar-refractivity contribution in [3.05, 3.63) is 0 Å². The van der Waals surface area contributed by atoms with E-state index in [9.17, 15) is 4.79 Å². The SMILES string of the molecule is CC(Cn1c(N)nnc1SCC(=O)O)C(C)(C)C. The van der Waals surface area contributed by atoms with Gasteiger partial charge >= 0.3 is 5.97 Å². The number of hydrogen-bond donors (Lipinski definition) is 2. The minimum Gasteiger partial charge on any atom is -0.481 e. The van der Waals surface area contributed by atoms with E-state index in [0.29, 0.717) is 23.6 Å². The summed E-state index contributed by atoms with van der Waals surface area (Å²) in [7, 11) is 0. The summed E-state index contributed by atoms with van der Waals surface area (Å²) in [6, 6.07) is 0. The number of anilines is 1. The highest BCUT2D eigenvalue weighted by Gasteiger charge is 2.23. The van der Waals surface area contributed by atoms with Crippen molar-refractivity contribution in [2.75, 3.05) is 11.5 Å². The van der Waals surface area contributed by atoms with Gasteiger partial charge < -0.3 is 10.8 Å². The molecule has 18 heavy (non-hydrogen) atoms. The number of rotatable bonds is 5. The first-order valence-corrected chi connectivity index (χ1v) is 6.73. The number of aromatic nitrogens is 3. The third kappa shape index (κ3) is 3.90. The van der Waals surface area contributed by atoms with Gasteiger partial charge in [0.25, 0.3) is 0 Å². The van der Waals surface area contributed by atoms with E-state index < -0.39 is 5.97 Å². The zero-order valence-corrected chi connectivity index (χ0v) is 12.0. The van der Waals surface area contributed by atoms with Crippen LogP contribution in [0.5, 0.6) is 0 Å². The Morgan fingerprint density at radius 3 is 2.61 bits per heavy atom. The number of nitrogen functional groups attached to an aromatic ring is 1. The topological polar surface area (TPSA) is 94.0 Å². The van der Waals surface area contributed by atoms with Crippen LogP contribution in [-0.2, 0) is 11.3 Å². The predicted molar refractivity (Wildman–Crippen MR) is 71.4 cm³/mol. The van der Waals surface area contributed by atoms with Crippen LogP contribution in [0.1, 0.15) is 27.7 Å². The van der Waals surface area contributed by atoms with Crippen molar-refractivity contribution in [2.24, 2.45) is 11.3 Å². The maximum atomic E-state index is 10.6. The van der Waals surface area contributed by atoms with Gasteiger partial charge in [-0.1, -0.05) is 39.5 Å². The monoisotopic (exact) mass is 272 g/mol. The molecule has 102 valence electrons. The lowest BCUT2D eigenvalue weighted by Gasteiger charge is -2.27. The second kappa shape index (κ2) is 5.60. The van der Waals surface area contributed by atoms with Gasteiger partial charge in [-0.15, -0.1) is 10.2 Å². The maximum absolute atomic E-state index is 10.6. The highest BCUT2D eigenvalue weighted by atomic mass is 32.2. The zero-order chi connectivity index (χ0) is 13.9. The molecule has 1 aromatic rings. The van der Waals surface area contributed by atoms with Gasteiger partial charge in [0.05, 0.1) is 5.75 Å². The number of carbonyl (C=O) groups is 1. The lowest BCUT2D eigenvalue weighted by Crippen LogP contribution is -2.23. The molecule has 1 heterocycles. The summed E-state index contributed by atoms with van der Waals surface area (Å²) < 4.78 is 1.78. The van der Waals surface area contributed by atoms with Crippen molar-refractivity contribution in [2.45, 2.75) is 39.4 Å². The first kappa shape index (κ1) is 14.8. The number of nitrogens with two attached hydrogens (primary N) is 1. The molecule has 0 radical (unpaired) electrons. The van der Waals surface area contributed by atoms with Crippen molar-refractivity contribution in [3.63, 3.8) is 0 Å². The molecule has 0 bridgehead atoms. The maximum Gasteiger partial charge on any atom is 0.313 e. The van der Waals surface area contributed by atoms with Gasteiger partial charge in [0.15, 0.2) is 5.16 Å². The Labute approximate surface area is 111 Å². The Morgan fingerprint density at radius 1 is 1.50 bits per heavy atom. The van der Waals surface area contributed by atoms with E-state index in [1.54, 1.807) is 4.57 Å². The molecule has 0 fully saturated rings. The molecule has 7 heteroatoms. The number of carboxylic acids is 1. The average Bonchev–Trinajstić information content (AvgIpc) is 2.56. The van der Waals surface area contributed by atoms with E-state index in [2.05, 4.69) is 37.9 Å². The Hall–Kier alpha value is -1.24. The first-order valence-electron chi connectivity index (χ1n) is 5.75. The minimum absolute atomic E-state index is 0.0397. The molecule has 0 saturated carbocycles. The standard InChI is InChI=1S/C11H20N4O2S/c1-7(11(2,3)4)5-15-9(12)13-14-10(15)18-6-8(16)17/h7H,5-6H2,1-4H3,(H2,12,13)(H,16,17). The molecule has 1 atom stereocenters. The Balaban J connectivity index is 2.81. The van der Waals surface area contributed by atoms with Crippen LogP contribution >= 0.6 is 11.8 Å². The summed E-state index contributed by atoms with van der Waals surface area (Å²) in [6.45, 7) is 9.28. The lowest BCUT2D eigenvalue weighted by atomic mass is 9.82. The van der Waals surface area contributed by atoms with Crippen LogP contribution in [0, 0.1) is 11.3 Å². The van der Waals surface area contributed by atoms with Gasteiger partial charge in [-0.25, -0.2) is 0 Å². The first-order chi connectivity index (χ1) is 8.21. The van der Waals surface area contributed by atoms with Crippen LogP contribution < -0.4 is 5.73 Å². The fourth-order valence-corrected chi connectivity index (χ4v) is 1.93. The molecular weight excluding hydrogens is 252 g/mol. The molecule has 3 N–H and O–H groups in total. The van der Waals surface area contributed by atoms with E-state index in [-0.39, 0.29) is 11.2 Å². The number of thioether (sulfide) groups is 1. The van der Waals surface area contributed by atoms with Gasteiger partial charge in [-0.2, -0.15) is 0 Å². The Morgan fingerprint density at radius 2 is 2.11 bits per heavy atom. The molecule has 0 aliphatic rings. The molecule has 0 spiro atoms. The van der Waals surface area contributed by atoms with Crippen molar-refractivity contribution in [1.29, 1.82) is 0 Å². The second-order valence-electron chi connectivity index (χ2n) is 5.40. The van der Waals surface area contributed by atoms with Gasteiger partial charge in [-0.05, 0) is 11.3 Å². The highest BCUT2D eigenvalue weighted by molar-refractivity contribution is 7.99. The quantitative estimate of drug-likeness (QED) is 0.793. The Bertz CT molecular complexity index is 425. The average molecular weight is 272 g/mol. The normalized spacial score (nSPS) is 13.6. The van der Waals surface area contributed by atoms with Crippen molar-refractivity contribution in [3.8, 4) is 0 Å². The van der Waals surface area contributed by atoms with E-state index >= 15 is 0 Å². The van der Waals surface area contributed by atoms with E-state index in [1.165, 1.54) is 0 Å². The smallest absolute Gasteiger partial charge is 0.313 e. The van der Waals surface area contributed by atoms with Crippen LogP contribution in [0.3, 0.4) is 0 Å². The highest BCUT2D eigenvalue weighted by Crippen LogP contribution is 2.29. The molecule has 0 saturated heterocycles. The van der Waals surface area contributed by atoms with Crippen LogP contribution in [0.15, 0.2) is 5.16 Å². The van der Waals surface area contributed by atoms with Crippen LogP contribution in [-0.4, -0.2) is 31.6 Å². The van der Waals surface area contributed by atoms with Gasteiger partial charge in [0, 0.05) is 6.54 Å². The molecule has 1 unspecified atom stereocenters. The summed E-state index contributed by atoms with van der Waals surface area (Å²) in [5.74, 6) is -0.210. The fraction of sp³-hybridized carbons (Fsp3) is 0.727. The predicted octanol–water partition coefficient (Wildman–Crippen LogP) is 1.72. The fourth-order valence-electron chi connectivity index (χ4n) is 1.25. The molecule has 0 aromatic carbocycles. The van der Waals surface area contributed by atoms with Gasteiger partial charge in [0.1, 0.15) is 0 Å².